The van der Waals surface area contributed by atoms with E-state index in [0.717, 1.165) is 19.6 Å². The largest absolute Gasteiger partial charge is 0.389 e. The van der Waals surface area contributed by atoms with Crippen LogP contribution in [0.4, 0.5) is 0 Å². The molecule has 0 bridgehead atoms. The molecule has 0 aromatic heterocycles. The van der Waals surface area contributed by atoms with E-state index in [1.807, 2.05) is 0 Å². The van der Waals surface area contributed by atoms with E-state index in [4.69, 9.17) is 4.74 Å². The number of aliphatic hydroxyl groups is 1. The van der Waals surface area contributed by atoms with Crippen molar-refractivity contribution in [1.82, 2.24) is 0 Å². The summed E-state index contributed by atoms with van der Waals surface area (Å²) in [4.78, 5) is 0. The highest BCUT2D eigenvalue weighted by atomic mass is 16.5. The van der Waals surface area contributed by atoms with Gasteiger partial charge >= 0.3 is 0 Å². The maximum Gasteiger partial charge on any atom is 0.0745 e. The Morgan fingerprint density at radius 1 is 1.45 bits per heavy atom. The molecule has 1 saturated heterocycles. The molecule has 0 spiro atoms. The van der Waals surface area contributed by atoms with Crippen LogP contribution >= 0.6 is 0 Å². The van der Waals surface area contributed by atoms with Crippen molar-refractivity contribution < 1.29 is 9.84 Å². The SMILES string of the molecule is CC1COCCC1(O)C1CC1. The predicted molar refractivity (Wildman–Crippen MR) is 42.3 cm³/mol. The van der Waals surface area contributed by atoms with Crippen molar-refractivity contribution in [3.63, 3.8) is 0 Å². The zero-order chi connectivity index (χ0) is 7.90. The summed E-state index contributed by atoms with van der Waals surface area (Å²) in [5, 5.41) is 10.2. The van der Waals surface area contributed by atoms with Crippen LogP contribution in [0.25, 0.3) is 0 Å². The number of rotatable bonds is 1. The highest BCUT2D eigenvalue weighted by Crippen LogP contribution is 2.46. The van der Waals surface area contributed by atoms with Crippen molar-refractivity contribution in [3.8, 4) is 0 Å². The fourth-order valence-electron chi connectivity index (χ4n) is 2.08. The first-order valence-electron chi connectivity index (χ1n) is 4.53. The standard InChI is InChI=1S/C9H16O2/c1-7-6-11-5-4-9(7,10)8-2-3-8/h7-8,10H,2-6H2,1H3. The van der Waals surface area contributed by atoms with Crippen LogP contribution in [0.5, 0.6) is 0 Å². The van der Waals surface area contributed by atoms with E-state index in [1.165, 1.54) is 12.8 Å². The Hall–Kier alpha value is -0.0800. The molecular weight excluding hydrogens is 140 g/mol. The maximum absolute atomic E-state index is 10.2. The van der Waals surface area contributed by atoms with Gasteiger partial charge in [0.15, 0.2) is 0 Å². The van der Waals surface area contributed by atoms with Crippen molar-refractivity contribution in [2.45, 2.75) is 31.8 Å². The molecule has 2 atom stereocenters. The highest BCUT2D eigenvalue weighted by molar-refractivity contribution is 4.98. The minimum Gasteiger partial charge on any atom is -0.389 e. The first-order chi connectivity index (χ1) is 5.23. The molecule has 2 fully saturated rings. The molecule has 0 amide bonds. The molecule has 1 aliphatic carbocycles. The maximum atomic E-state index is 10.2. The molecule has 2 rings (SSSR count). The Kier molecular flexibility index (Phi) is 1.69. The fourth-order valence-corrected chi connectivity index (χ4v) is 2.08. The van der Waals surface area contributed by atoms with Crippen LogP contribution in [0.3, 0.4) is 0 Å². The second kappa shape index (κ2) is 2.46. The van der Waals surface area contributed by atoms with Crippen LogP contribution in [-0.4, -0.2) is 23.9 Å². The first kappa shape index (κ1) is 7.56. The van der Waals surface area contributed by atoms with Gasteiger partial charge in [0.2, 0.25) is 0 Å². The Labute approximate surface area is 67.6 Å². The van der Waals surface area contributed by atoms with Gasteiger partial charge in [-0.2, -0.15) is 0 Å². The summed E-state index contributed by atoms with van der Waals surface area (Å²) in [6.07, 6.45) is 3.29. The van der Waals surface area contributed by atoms with Gasteiger partial charge in [0.05, 0.1) is 12.2 Å². The van der Waals surface area contributed by atoms with Gasteiger partial charge < -0.3 is 9.84 Å². The van der Waals surface area contributed by atoms with Crippen LogP contribution in [0, 0.1) is 11.8 Å². The molecule has 2 unspecified atom stereocenters. The average molecular weight is 156 g/mol. The average Bonchev–Trinajstić information content (AvgIpc) is 2.77. The third-order valence-corrected chi connectivity index (χ3v) is 3.15. The van der Waals surface area contributed by atoms with Crippen molar-refractivity contribution in [3.05, 3.63) is 0 Å². The molecule has 64 valence electrons. The highest BCUT2D eigenvalue weighted by Gasteiger charge is 2.48. The quantitative estimate of drug-likeness (QED) is 0.618. The summed E-state index contributed by atoms with van der Waals surface area (Å²) in [6.45, 7) is 3.59. The molecule has 2 heteroatoms. The van der Waals surface area contributed by atoms with Gasteiger partial charge in [-0.15, -0.1) is 0 Å². The molecule has 0 aromatic carbocycles. The minimum absolute atomic E-state index is 0.337. The molecule has 1 saturated carbocycles. The van der Waals surface area contributed by atoms with Crippen molar-refractivity contribution in [1.29, 1.82) is 0 Å². The zero-order valence-electron chi connectivity index (χ0n) is 7.05. The summed E-state index contributed by atoms with van der Waals surface area (Å²) in [5.74, 6) is 0.921. The van der Waals surface area contributed by atoms with Gasteiger partial charge in [-0.05, 0) is 18.8 Å². The van der Waals surface area contributed by atoms with Gasteiger partial charge in [0.25, 0.3) is 0 Å². The van der Waals surface area contributed by atoms with E-state index >= 15 is 0 Å². The summed E-state index contributed by atoms with van der Waals surface area (Å²) >= 11 is 0. The fraction of sp³-hybridized carbons (Fsp3) is 1.00. The van der Waals surface area contributed by atoms with Gasteiger partial charge in [0, 0.05) is 18.9 Å². The smallest absolute Gasteiger partial charge is 0.0745 e. The van der Waals surface area contributed by atoms with Gasteiger partial charge in [-0.25, -0.2) is 0 Å². The molecular formula is C9H16O2. The lowest BCUT2D eigenvalue weighted by atomic mass is 9.81. The Morgan fingerprint density at radius 3 is 2.73 bits per heavy atom. The molecule has 11 heavy (non-hydrogen) atoms. The van der Waals surface area contributed by atoms with E-state index in [-0.39, 0.29) is 5.60 Å². The molecule has 1 heterocycles. The monoisotopic (exact) mass is 156 g/mol. The van der Waals surface area contributed by atoms with Gasteiger partial charge in [0.1, 0.15) is 0 Å². The third-order valence-electron chi connectivity index (χ3n) is 3.15. The van der Waals surface area contributed by atoms with E-state index < -0.39 is 0 Å². The van der Waals surface area contributed by atoms with E-state index in [9.17, 15) is 5.11 Å². The van der Waals surface area contributed by atoms with Crippen molar-refractivity contribution >= 4 is 0 Å². The lowest BCUT2D eigenvalue weighted by molar-refractivity contribution is -0.119. The molecule has 1 aliphatic heterocycles. The van der Waals surface area contributed by atoms with E-state index in [0.29, 0.717) is 11.8 Å². The Morgan fingerprint density at radius 2 is 2.18 bits per heavy atom. The summed E-state index contributed by atoms with van der Waals surface area (Å²) in [6, 6.07) is 0. The lowest BCUT2D eigenvalue weighted by Gasteiger charge is -2.38. The van der Waals surface area contributed by atoms with Crippen LogP contribution in [-0.2, 0) is 4.74 Å². The summed E-state index contributed by atoms with van der Waals surface area (Å²) in [7, 11) is 0. The van der Waals surface area contributed by atoms with Crippen LogP contribution in [0.2, 0.25) is 0 Å². The third kappa shape index (κ3) is 1.18. The van der Waals surface area contributed by atoms with Crippen LogP contribution in [0.15, 0.2) is 0 Å². The second-order valence-electron chi connectivity index (χ2n) is 3.99. The molecule has 0 aromatic rings. The zero-order valence-corrected chi connectivity index (χ0v) is 7.05. The Bertz CT molecular complexity index is 154. The molecule has 2 aliphatic rings. The number of hydrogen-bond acceptors (Lipinski definition) is 2. The summed E-state index contributed by atoms with van der Waals surface area (Å²) in [5.41, 5.74) is -0.377. The molecule has 0 radical (unpaired) electrons. The van der Waals surface area contributed by atoms with Gasteiger partial charge in [-0.1, -0.05) is 6.92 Å². The normalized spacial score (nSPS) is 45.8. The van der Waals surface area contributed by atoms with E-state index in [2.05, 4.69) is 6.92 Å². The topological polar surface area (TPSA) is 29.5 Å². The minimum atomic E-state index is -0.377. The van der Waals surface area contributed by atoms with Crippen LogP contribution < -0.4 is 0 Å². The van der Waals surface area contributed by atoms with Gasteiger partial charge in [-0.3, -0.25) is 0 Å². The van der Waals surface area contributed by atoms with Crippen LogP contribution in [0.1, 0.15) is 26.2 Å². The van der Waals surface area contributed by atoms with Crippen molar-refractivity contribution in [2.75, 3.05) is 13.2 Å². The van der Waals surface area contributed by atoms with Crippen molar-refractivity contribution in [2.24, 2.45) is 11.8 Å². The predicted octanol–water partition coefficient (Wildman–Crippen LogP) is 1.18. The first-order valence-corrected chi connectivity index (χ1v) is 4.53. The Balaban J connectivity index is 2.06. The number of ether oxygens (including phenoxy) is 1. The molecule has 2 nitrogen and oxygen atoms in total. The molecule has 1 N–H and O–H groups in total. The van der Waals surface area contributed by atoms with E-state index in [1.54, 1.807) is 0 Å². The lowest BCUT2D eigenvalue weighted by Crippen LogP contribution is -2.45. The summed E-state index contributed by atoms with van der Waals surface area (Å²) < 4.78 is 5.30. The second-order valence-corrected chi connectivity index (χ2v) is 3.99. The number of hydrogen-bond donors (Lipinski definition) is 1.